The first-order valence-corrected chi connectivity index (χ1v) is 6.63. The number of ether oxygens (including phenoxy) is 1. The maximum Gasteiger partial charge on any atom is 0.248 e. The van der Waals surface area contributed by atoms with Crippen LogP contribution in [0.1, 0.15) is 22.3 Å². The Morgan fingerprint density at radius 3 is 3.00 bits per heavy atom. The highest BCUT2D eigenvalue weighted by molar-refractivity contribution is 5.92. The third-order valence-corrected chi connectivity index (χ3v) is 3.12. The molecule has 2 amide bonds. The van der Waals surface area contributed by atoms with E-state index >= 15 is 0 Å². The summed E-state index contributed by atoms with van der Waals surface area (Å²) >= 11 is 0. The molecule has 0 saturated carbocycles. The summed E-state index contributed by atoms with van der Waals surface area (Å²) in [5.74, 6) is -0.539. The van der Waals surface area contributed by atoms with E-state index in [1.165, 1.54) is 0 Å². The van der Waals surface area contributed by atoms with Gasteiger partial charge < -0.3 is 21.1 Å². The van der Waals surface area contributed by atoms with Crippen LogP contribution in [-0.2, 0) is 16.1 Å². The second kappa shape index (κ2) is 7.02. The van der Waals surface area contributed by atoms with Gasteiger partial charge in [0.25, 0.3) is 0 Å². The van der Waals surface area contributed by atoms with Gasteiger partial charge in [-0.15, -0.1) is 0 Å². The molecule has 0 spiro atoms. The van der Waals surface area contributed by atoms with E-state index in [0.29, 0.717) is 31.7 Å². The topological polar surface area (TPSA) is 93.5 Å². The summed E-state index contributed by atoms with van der Waals surface area (Å²) in [6, 6.07) is 6.91. The van der Waals surface area contributed by atoms with Crippen LogP contribution in [-0.4, -0.2) is 37.6 Å². The number of nitrogens with one attached hydrogen (secondary N) is 2. The van der Waals surface area contributed by atoms with Crippen molar-refractivity contribution in [2.45, 2.75) is 19.1 Å². The zero-order chi connectivity index (χ0) is 14.4. The van der Waals surface area contributed by atoms with E-state index in [0.717, 1.165) is 12.1 Å². The lowest BCUT2D eigenvalue weighted by atomic mass is 10.1. The van der Waals surface area contributed by atoms with Gasteiger partial charge >= 0.3 is 0 Å². The van der Waals surface area contributed by atoms with Crippen LogP contribution in [0.15, 0.2) is 24.3 Å². The maximum absolute atomic E-state index is 11.8. The summed E-state index contributed by atoms with van der Waals surface area (Å²) < 4.78 is 5.47. The number of amides is 2. The summed E-state index contributed by atoms with van der Waals surface area (Å²) in [6.45, 7) is 2.54. The molecule has 1 atom stereocenters. The zero-order valence-corrected chi connectivity index (χ0v) is 11.2. The molecular formula is C14H19N3O3. The molecule has 6 nitrogen and oxygen atoms in total. The Hall–Kier alpha value is -1.92. The number of carbonyl (C=O) groups is 2. The van der Waals surface area contributed by atoms with Crippen LogP contribution < -0.4 is 16.4 Å². The lowest BCUT2D eigenvalue weighted by molar-refractivity contribution is -0.124. The number of rotatable bonds is 5. The van der Waals surface area contributed by atoms with Crippen LogP contribution in [0.25, 0.3) is 0 Å². The highest BCUT2D eigenvalue weighted by Gasteiger charge is 2.17. The summed E-state index contributed by atoms with van der Waals surface area (Å²) in [6.07, 6.45) is 0.267. The highest BCUT2D eigenvalue weighted by Crippen LogP contribution is 2.05. The van der Waals surface area contributed by atoms with Crippen LogP contribution in [0.2, 0.25) is 0 Å². The number of nitrogens with two attached hydrogens (primary N) is 1. The van der Waals surface area contributed by atoms with E-state index in [4.69, 9.17) is 10.5 Å². The SMILES string of the molecule is NC(=O)c1cccc(CNC(=O)CC2CNCCO2)c1. The van der Waals surface area contributed by atoms with Gasteiger partial charge in [-0.3, -0.25) is 9.59 Å². The molecule has 1 unspecified atom stereocenters. The van der Waals surface area contributed by atoms with Gasteiger partial charge in [-0.05, 0) is 17.7 Å². The van der Waals surface area contributed by atoms with Crippen LogP contribution in [0, 0.1) is 0 Å². The molecule has 0 aliphatic carbocycles. The van der Waals surface area contributed by atoms with Gasteiger partial charge in [0.1, 0.15) is 0 Å². The van der Waals surface area contributed by atoms with Crippen molar-refractivity contribution in [1.29, 1.82) is 0 Å². The Morgan fingerprint density at radius 2 is 2.30 bits per heavy atom. The van der Waals surface area contributed by atoms with Crippen LogP contribution >= 0.6 is 0 Å². The molecule has 1 fully saturated rings. The lowest BCUT2D eigenvalue weighted by Crippen LogP contribution is -2.41. The van der Waals surface area contributed by atoms with Crippen LogP contribution in [0.5, 0.6) is 0 Å². The molecule has 1 aliphatic rings. The van der Waals surface area contributed by atoms with Gasteiger partial charge in [-0.2, -0.15) is 0 Å². The van der Waals surface area contributed by atoms with E-state index in [9.17, 15) is 9.59 Å². The smallest absolute Gasteiger partial charge is 0.248 e. The molecule has 1 heterocycles. The van der Waals surface area contributed by atoms with Crippen molar-refractivity contribution in [1.82, 2.24) is 10.6 Å². The number of carbonyl (C=O) groups excluding carboxylic acids is 2. The third-order valence-electron chi connectivity index (χ3n) is 3.12. The maximum atomic E-state index is 11.8. The first kappa shape index (κ1) is 14.5. The van der Waals surface area contributed by atoms with Gasteiger partial charge in [0.15, 0.2) is 0 Å². The Labute approximate surface area is 117 Å². The molecular weight excluding hydrogens is 258 g/mol. The molecule has 2 rings (SSSR count). The molecule has 1 aliphatic heterocycles. The Morgan fingerprint density at radius 1 is 1.45 bits per heavy atom. The third kappa shape index (κ3) is 4.32. The molecule has 1 aromatic carbocycles. The Bertz CT molecular complexity index is 484. The first-order valence-electron chi connectivity index (χ1n) is 6.63. The van der Waals surface area contributed by atoms with Gasteiger partial charge in [0.05, 0.1) is 19.1 Å². The van der Waals surface area contributed by atoms with Crippen molar-refractivity contribution in [3.63, 3.8) is 0 Å². The monoisotopic (exact) mass is 277 g/mol. The second-order valence-corrected chi connectivity index (χ2v) is 4.74. The van der Waals surface area contributed by atoms with Crippen molar-refractivity contribution in [2.75, 3.05) is 19.7 Å². The summed E-state index contributed by atoms with van der Waals surface area (Å²) in [7, 11) is 0. The molecule has 4 N–H and O–H groups in total. The standard InChI is InChI=1S/C14H19N3O3/c15-14(19)11-3-1-2-10(6-11)8-17-13(18)7-12-9-16-4-5-20-12/h1-3,6,12,16H,4-5,7-9H2,(H2,15,19)(H,17,18). The van der Waals surface area contributed by atoms with Crippen molar-refractivity contribution in [3.05, 3.63) is 35.4 Å². The average molecular weight is 277 g/mol. The fourth-order valence-electron chi connectivity index (χ4n) is 2.06. The molecule has 20 heavy (non-hydrogen) atoms. The molecule has 1 aromatic rings. The minimum atomic E-state index is -0.472. The van der Waals surface area contributed by atoms with Crippen LogP contribution in [0.4, 0.5) is 0 Å². The Balaban J connectivity index is 1.80. The van der Waals surface area contributed by atoms with E-state index in [-0.39, 0.29) is 12.0 Å². The fourth-order valence-corrected chi connectivity index (χ4v) is 2.06. The minimum absolute atomic E-state index is 0.0665. The molecule has 0 aromatic heterocycles. The molecule has 6 heteroatoms. The van der Waals surface area contributed by atoms with Crippen molar-refractivity contribution < 1.29 is 14.3 Å². The normalized spacial score (nSPS) is 18.5. The van der Waals surface area contributed by atoms with Gasteiger partial charge in [0.2, 0.25) is 11.8 Å². The lowest BCUT2D eigenvalue weighted by Gasteiger charge is -2.23. The molecule has 108 valence electrons. The number of hydrogen-bond donors (Lipinski definition) is 3. The molecule has 1 saturated heterocycles. The highest BCUT2D eigenvalue weighted by atomic mass is 16.5. The summed E-state index contributed by atoms with van der Waals surface area (Å²) in [4.78, 5) is 22.9. The number of primary amides is 1. The zero-order valence-electron chi connectivity index (χ0n) is 11.2. The minimum Gasteiger partial charge on any atom is -0.375 e. The van der Waals surface area contributed by atoms with Gasteiger partial charge in [-0.1, -0.05) is 12.1 Å². The second-order valence-electron chi connectivity index (χ2n) is 4.74. The van der Waals surface area contributed by atoms with Crippen molar-refractivity contribution >= 4 is 11.8 Å². The first-order chi connectivity index (χ1) is 9.65. The summed E-state index contributed by atoms with van der Waals surface area (Å²) in [5.41, 5.74) is 6.50. The quantitative estimate of drug-likeness (QED) is 0.693. The predicted molar refractivity (Wildman–Crippen MR) is 74.0 cm³/mol. The summed E-state index contributed by atoms with van der Waals surface area (Å²) in [5, 5.41) is 5.99. The number of morpholine rings is 1. The van der Waals surface area contributed by atoms with E-state index < -0.39 is 5.91 Å². The molecule has 0 radical (unpaired) electrons. The molecule has 0 bridgehead atoms. The van der Waals surface area contributed by atoms with Gasteiger partial charge in [0, 0.05) is 25.2 Å². The Kier molecular flexibility index (Phi) is 5.09. The van der Waals surface area contributed by atoms with Crippen LogP contribution in [0.3, 0.4) is 0 Å². The van der Waals surface area contributed by atoms with Crippen molar-refractivity contribution in [2.24, 2.45) is 5.73 Å². The predicted octanol–water partition coefficient (Wildman–Crippen LogP) is -0.220. The van der Waals surface area contributed by atoms with Crippen molar-refractivity contribution in [3.8, 4) is 0 Å². The van der Waals surface area contributed by atoms with E-state index in [2.05, 4.69) is 10.6 Å². The number of hydrogen-bond acceptors (Lipinski definition) is 4. The van der Waals surface area contributed by atoms with E-state index in [1.54, 1.807) is 18.2 Å². The van der Waals surface area contributed by atoms with E-state index in [1.807, 2.05) is 6.07 Å². The average Bonchev–Trinajstić information content (AvgIpc) is 2.46. The van der Waals surface area contributed by atoms with Gasteiger partial charge in [-0.25, -0.2) is 0 Å². The largest absolute Gasteiger partial charge is 0.375 e. The fraction of sp³-hybridized carbons (Fsp3) is 0.429. The number of benzene rings is 1.